The normalized spacial score (nSPS) is 12.4. The predicted octanol–water partition coefficient (Wildman–Crippen LogP) is 3.45. The first-order chi connectivity index (χ1) is 12.3. The van der Waals surface area contributed by atoms with Crippen molar-refractivity contribution in [3.8, 4) is 11.4 Å². The van der Waals surface area contributed by atoms with Gasteiger partial charge < -0.3 is 5.32 Å². The molecule has 1 unspecified atom stereocenters. The van der Waals surface area contributed by atoms with Crippen molar-refractivity contribution in [2.45, 2.75) is 19.4 Å². The van der Waals surface area contributed by atoms with Crippen LogP contribution in [0.2, 0.25) is 0 Å². The smallest absolute Gasteiger partial charge is 0.164 e. The van der Waals surface area contributed by atoms with Crippen molar-refractivity contribution in [2.75, 3.05) is 5.32 Å². The molecule has 4 aromatic heterocycles. The molecule has 4 aromatic rings. The van der Waals surface area contributed by atoms with Gasteiger partial charge in [0.25, 0.3) is 0 Å². The van der Waals surface area contributed by atoms with Gasteiger partial charge in [-0.25, -0.2) is 15.0 Å². The lowest BCUT2D eigenvalue weighted by Crippen LogP contribution is -2.11. The lowest BCUT2D eigenvalue weighted by atomic mass is 10.2. The van der Waals surface area contributed by atoms with Gasteiger partial charge >= 0.3 is 0 Å². The molecule has 0 aromatic carbocycles. The minimum atomic E-state index is 0.101. The van der Waals surface area contributed by atoms with Crippen molar-refractivity contribution in [3.63, 3.8) is 0 Å². The number of thiazole rings is 1. The van der Waals surface area contributed by atoms with E-state index in [9.17, 15) is 0 Å². The number of aryl methyl sites for hydroxylation is 1. The summed E-state index contributed by atoms with van der Waals surface area (Å²) in [6, 6.07) is 3.91. The number of pyridine rings is 1. The molecule has 8 heteroatoms. The average Bonchev–Trinajstić information content (AvgIpc) is 3.31. The van der Waals surface area contributed by atoms with E-state index in [4.69, 9.17) is 4.98 Å². The highest BCUT2D eigenvalue weighted by atomic mass is 32.1. The maximum absolute atomic E-state index is 4.76. The van der Waals surface area contributed by atoms with Gasteiger partial charge in [0.2, 0.25) is 0 Å². The lowest BCUT2D eigenvalue weighted by molar-refractivity contribution is 0.738. The second-order valence-corrected chi connectivity index (χ2v) is 6.54. The van der Waals surface area contributed by atoms with Gasteiger partial charge in [-0.2, -0.15) is 5.10 Å². The molecule has 126 valence electrons. The van der Waals surface area contributed by atoms with E-state index in [1.165, 1.54) is 0 Å². The van der Waals surface area contributed by atoms with E-state index in [0.717, 1.165) is 33.8 Å². The molecular weight excluding hydrogens is 334 g/mol. The van der Waals surface area contributed by atoms with Crippen molar-refractivity contribution in [1.29, 1.82) is 0 Å². The second-order valence-electron chi connectivity index (χ2n) is 5.61. The summed E-state index contributed by atoms with van der Waals surface area (Å²) in [6.45, 7) is 2.13. The van der Waals surface area contributed by atoms with Gasteiger partial charge in [0, 0.05) is 36.6 Å². The van der Waals surface area contributed by atoms with Crippen LogP contribution in [-0.4, -0.2) is 29.7 Å². The summed E-state index contributed by atoms with van der Waals surface area (Å²) >= 11 is 1.64. The molecule has 0 aliphatic carbocycles. The number of anilines is 1. The first-order valence-corrected chi connectivity index (χ1v) is 8.90. The summed E-state index contributed by atoms with van der Waals surface area (Å²) in [5, 5.41) is 11.8. The van der Waals surface area contributed by atoms with Crippen molar-refractivity contribution >= 4 is 28.2 Å². The Morgan fingerprint density at radius 3 is 2.76 bits per heavy atom. The van der Waals surface area contributed by atoms with Crippen LogP contribution in [-0.2, 0) is 7.05 Å². The largest absolute Gasteiger partial charge is 0.360 e. The Morgan fingerprint density at radius 1 is 1.20 bits per heavy atom. The van der Waals surface area contributed by atoms with E-state index in [2.05, 4.69) is 32.3 Å². The van der Waals surface area contributed by atoms with Crippen molar-refractivity contribution in [2.24, 2.45) is 7.05 Å². The fourth-order valence-electron chi connectivity index (χ4n) is 2.67. The third-order valence-electron chi connectivity index (χ3n) is 4.00. The van der Waals surface area contributed by atoms with Crippen LogP contribution in [0.15, 0.2) is 42.3 Å². The molecule has 0 amide bonds. The van der Waals surface area contributed by atoms with Crippen LogP contribution >= 0.6 is 11.3 Å². The molecule has 1 N–H and O–H groups in total. The van der Waals surface area contributed by atoms with Crippen LogP contribution in [0.25, 0.3) is 22.4 Å². The molecule has 0 aliphatic rings. The second kappa shape index (κ2) is 6.56. The van der Waals surface area contributed by atoms with Crippen molar-refractivity contribution in [1.82, 2.24) is 29.7 Å². The van der Waals surface area contributed by atoms with Crippen LogP contribution in [0.3, 0.4) is 0 Å². The van der Waals surface area contributed by atoms with Gasteiger partial charge in [0.15, 0.2) is 11.5 Å². The lowest BCUT2D eigenvalue weighted by Gasteiger charge is -2.16. The number of hydrogen-bond acceptors (Lipinski definition) is 7. The number of aromatic nitrogens is 6. The van der Waals surface area contributed by atoms with Crippen LogP contribution in [0, 0.1) is 0 Å². The molecule has 0 fully saturated rings. The summed E-state index contributed by atoms with van der Waals surface area (Å²) < 4.78 is 1.76. The monoisotopic (exact) mass is 351 g/mol. The molecule has 7 nitrogen and oxygen atoms in total. The molecule has 0 bridgehead atoms. The average molecular weight is 351 g/mol. The summed E-state index contributed by atoms with van der Waals surface area (Å²) in [5.74, 6) is 1.42. The van der Waals surface area contributed by atoms with E-state index >= 15 is 0 Å². The zero-order valence-corrected chi connectivity index (χ0v) is 14.7. The first kappa shape index (κ1) is 15.6. The summed E-state index contributed by atoms with van der Waals surface area (Å²) in [7, 11) is 1.88. The Balaban J connectivity index is 1.82. The quantitative estimate of drug-likeness (QED) is 0.593. The molecule has 4 rings (SSSR count). The molecule has 25 heavy (non-hydrogen) atoms. The SMILES string of the molecule is CCC(Nc1nc(-c2ccncc2)nc2c1cnn2C)c1nccs1. The van der Waals surface area contributed by atoms with Crippen LogP contribution in [0.1, 0.15) is 24.4 Å². The minimum absolute atomic E-state index is 0.101. The maximum Gasteiger partial charge on any atom is 0.164 e. The molecule has 0 saturated carbocycles. The summed E-state index contributed by atoms with van der Waals surface area (Å²) in [4.78, 5) is 17.9. The van der Waals surface area contributed by atoms with Crippen LogP contribution in [0.5, 0.6) is 0 Å². The maximum atomic E-state index is 4.76. The van der Waals surface area contributed by atoms with Crippen molar-refractivity contribution in [3.05, 3.63) is 47.3 Å². The first-order valence-electron chi connectivity index (χ1n) is 8.02. The molecule has 0 radical (unpaired) electrons. The highest BCUT2D eigenvalue weighted by molar-refractivity contribution is 7.09. The fourth-order valence-corrected chi connectivity index (χ4v) is 3.44. The van der Waals surface area contributed by atoms with Crippen LogP contribution < -0.4 is 5.32 Å². The fraction of sp³-hybridized carbons (Fsp3) is 0.235. The highest BCUT2D eigenvalue weighted by Crippen LogP contribution is 2.29. The van der Waals surface area contributed by atoms with Gasteiger partial charge in [-0.1, -0.05) is 6.92 Å². The van der Waals surface area contributed by atoms with E-state index in [0.29, 0.717) is 5.82 Å². The van der Waals surface area contributed by atoms with Gasteiger partial charge in [0.05, 0.1) is 17.6 Å². The molecule has 0 spiro atoms. The van der Waals surface area contributed by atoms with E-state index in [-0.39, 0.29) is 6.04 Å². The van der Waals surface area contributed by atoms with Gasteiger partial charge in [-0.15, -0.1) is 11.3 Å². The zero-order valence-electron chi connectivity index (χ0n) is 13.9. The van der Waals surface area contributed by atoms with E-state index in [1.807, 2.05) is 30.8 Å². The number of nitrogens with zero attached hydrogens (tertiary/aromatic N) is 6. The third-order valence-corrected chi connectivity index (χ3v) is 4.89. The van der Waals surface area contributed by atoms with Crippen molar-refractivity contribution < 1.29 is 0 Å². The molecule has 0 saturated heterocycles. The topological polar surface area (TPSA) is 81.4 Å². The Kier molecular flexibility index (Phi) is 4.10. The molecule has 4 heterocycles. The standard InChI is InChI=1S/C17H17N7S/c1-3-13(17-19-8-9-25-17)21-15-12-10-20-24(2)16(12)23-14(22-15)11-4-6-18-7-5-11/h4-10,13H,3H2,1-2H3,(H,21,22,23). The number of fused-ring (bicyclic) bond motifs is 1. The van der Waals surface area contributed by atoms with E-state index in [1.54, 1.807) is 34.6 Å². The number of nitrogens with one attached hydrogen (secondary N) is 1. The Morgan fingerprint density at radius 2 is 2.04 bits per heavy atom. The number of rotatable bonds is 5. The van der Waals surface area contributed by atoms with Gasteiger partial charge in [-0.3, -0.25) is 9.67 Å². The Bertz CT molecular complexity index is 979. The Hall–Kier alpha value is -2.87. The molecule has 1 atom stereocenters. The third kappa shape index (κ3) is 2.96. The predicted molar refractivity (Wildman–Crippen MR) is 98.3 cm³/mol. The summed E-state index contributed by atoms with van der Waals surface area (Å²) in [6.07, 6.45) is 8.01. The summed E-state index contributed by atoms with van der Waals surface area (Å²) in [5.41, 5.74) is 1.71. The number of hydrogen-bond donors (Lipinski definition) is 1. The molecule has 0 aliphatic heterocycles. The minimum Gasteiger partial charge on any atom is -0.360 e. The highest BCUT2D eigenvalue weighted by Gasteiger charge is 2.18. The van der Waals surface area contributed by atoms with Gasteiger partial charge in [0.1, 0.15) is 10.8 Å². The van der Waals surface area contributed by atoms with Crippen LogP contribution in [0.4, 0.5) is 5.82 Å². The zero-order chi connectivity index (χ0) is 17.2. The Labute approximate surface area is 148 Å². The van der Waals surface area contributed by atoms with E-state index < -0.39 is 0 Å². The molecular formula is C17H17N7S. The van der Waals surface area contributed by atoms with Gasteiger partial charge in [-0.05, 0) is 18.6 Å².